The van der Waals surface area contributed by atoms with Gasteiger partial charge in [-0.25, -0.2) is 4.98 Å². The third-order valence-corrected chi connectivity index (χ3v) is 4.99. The summed E-state index contributed by atoms with van der Waals surface area (Å²) in [6.07, 6.45) is 3.57. The maximum atomic E-state index is 12.1. The average molecular weight is 332 g/mol. The molecule has 0 spiro atoms. The number of amides is 1. The maximum absolute atomic E-state index is 12.1. The van der Waals surface area contributed by atoms with Gasteiger partial charge >= 0.3 is 4.87 Å². The number of piperidine rings is 1. The van der Waals surface area contributed by atoms with Gasteiger partial charge in [-0.2, -0.15) is 0 Å². The van der Waals surface area contributed by atoms with Gasteiger partial charge in [0.1, 0.15) is 12.4 Å². The van der Waals surface area contributed by atoms with Gasteiger partial charge in [-0.3, -0.25) is 14.2 Å². The number of carbonyl (C=O) groups excluding carboxylic acids is 1. The molecule has 1 amide bonds. The number of rotatable bonds is 4. The lowest BCUT2D eigenvalue weighted by Gasteiger charge is -2.33. The summed E-state index contributed by atoms with van der Waals surface area (Å²) in [5.41, 5.74) is 0.833. The van der Waals surface area contributed by atoms with Gasteiger partial charge in [-0.05, 0) is 31.9 Å². The zero-order valence-electron chi connectivity index (χ0n) is 13.1. The Morgan fingerprint density at radius 3 is 2.78 bits per heavy atom. The molecule has 7 heteroatoms. The molecule has 2 aromatic heterocycles. The van der Waals surface area contributed by atoms with Crippen LogP contribution in [-0.4, -0.2) is 34.6 Å². The van der Waals surface area contributed by atoms with Crippen LogP contribution in [0.2, 0.25) is 0 Å². The maximum Gasteiger partial charge on any atom is 0.307 e. The van der Waals surface area contributed by atoms with Crippen LogP contribution in [0.4, 0.5) is 5.82 Å². The van der Waals surface area contributed by atoms with Crippen molar-refractivity contribution in [3.8, 4) is 0 Å². The number of hydrogen-bond acceptors (Lipinski definition) is 5. The fourth-order valence-electron chi connectivity index (χ4n) is 2.81. The Hall–Kier alpha value is -2.15. The molecule has 3 heterocycles. The van der Waals surface area contributed by atoms with E-state index in [1.54, 1.807) is 11.6 Å². The number of carbonyl (C=O) groups is 1. The molecule has 1 N–H and O–H groups in total. The van der Waals surface area contributed by atoms with Crippen molar-refractivity contribution in [2.45, 2.75) is 32.4 Å². The lowest BCUT2D eigenvalue weighted by atomic mass is 10.0. The van der Waals surface area contributed by atoms with Crippen molar-refractivity contribution in [3.63, 3.8) is 0 Å². The molecule has 3 rings (SSSR count). The summed E-state index contributed by atoms with van der Waals surface area (Å²) in [5, 5.41) is 4.82. The largest absolute Gasteiger partial charge is 0.356 e. The summed E-state index contributed by atoms with van der Waals surface area (Å²) in [5.74, 6) is 0.891. The molecule has 0 atom stereocenters. The van der Waals surface area contributed by atoms with Crippen molar-refractivity contribution in [1.82, 2.24) is 14.9 Å². The summed E-state index contributed by atoms with van der Waals surface area (Å²) < 4.78 is 1.52. The third-order valence-electron chi connectivity index (χ3n) is 4.11. The van der Waals surface area contributed by atoms with Gasteiger partial charge in [-0.15, -0.1) is 0 Å². The summed E-state index contributed by atoms with van der Waals surface area (Å²) in [7, 11) is 0. The van der Waals surface area contributed by atoms with Crippen molar-refractivity contribution in [1.29, 1.82) is 0 Å². The first kappa shape index (κ1) is 15.7. The Bertz CT molecular complexity index is 717. The lowest BCUT2D eigenvalue weighted by Crippen LogP contribution is -2.46. The minimum atomic E-state index is -0.0927. The Kier molecular flexibility index (Phi) is 4.76. The molecule has 0 saturated carbocycles. The SMILES string of the molecule is Cc1csc(=O)n1CC(=O)NC1CCN(c2ccccn2)CC1. The highest BCUT2D eigenvalue weighted by Crippen LogP contribution is 2.17. The van der Waals surface area contributed by atoms with Gasteiger partial charge in [0, 0.05) is 36.4 Å². The van der Waals surface area contributed by atoms with Crippen LogP contribution >= 0.6 is 11.3 Å². The molecule has 0 unspecified atom stereocenters. The molecule has 0 aromatic carbocycles. The second-order valence-corrected chi connectivity index (χ2v) is 6.57. The van der Waals surface area contributed by atoms with E-state index in [0.717, 1.165) is 48.8 Å². The smallest absolute Gasteiger partial charge is 0.307 e. The van der Waals surface area contributed by atoms with E-state index in [9.17, 15) is 9.59 Å². The standard InChI is InChI=1S/C16H20N4O2S/c1-12-11-23-16(22)20(12)10-15(21)18-13-5-8-19(9-6-13)14-4-2-3-7-17-14/h2-4,7,11,13H,5-6,8-10H2,1H3,(H,18,21). The number of hydrogen-bond donors (Lipinski definition) is 1. The van der Waals surface area contributed by atoms with Crippen molar-refractivity contribution in [2.75, 3.05) is 18.0 Å². The van der Waals surface area contributed by atoms with E-state index in [1.165, 1.54) is 4.57 Å². The Morgan fingerprint density at radius 1 is 1.39 bits per heavy atom. The molecular formula is C16H20N4O2S. The molecule has 0 bridgehead atoms. The molecule has 23 heavy (non-hydrogen) atoms. The highest BCUT2D eigenvalue weighted by atomic mass is 32.1. The number of aromatic nitrogens is 2. The zero-order valence-corrected chi connectivity index (χ0v) is 13.9. The van der Waals surface area contributed by atoms with Gasteiger partial charge in [0.05, 0.1) is 0 Å². The van der Waals surface area contributed by atoms with Gasteiger partial charge in [0.25, 0.3) is 0 Å². The third kappa shape index (κ3) is 3.79. The molecule has 0 radical (unpaired) electrons. The average Bonchev–Trinajstić information content (AvgIpc) is 2.88. The van der Waals surface area contributed by atoms with Crippen LogP contribution in [0.15, 0.2) is 34.6 Å². The normalized spacial score (nSPS) is 15.6. The van der Waals surface area contributed by atoms with E-state index in [1.807, 2.05) is 25.1 Å². The molecule has 122 valence electrons. The molecule has 6 nitrogen and oxygen atoms in total. The van der Waals surface area contributed by atoms with E-state index in [0.29, 0.717) is 0 Å². The first-order chi connectivity index (χ1) is 11.1. The topological polar surface area (TPSA) is 67.2 Å². The van der Waals surface area contributed by atoms with Crippen LogP contribution in [0, 0.1) is 6.92 Å². The van der Waals surface area contributed by atoms with E-state index in [2.05, 4.69) is 15.2 Å². The molecule has 0 aliphatic carbocycles. The van der Waals surface area contributed by atoms with E-state index < -0.39 is 0 Å². The van der Waals surface area contributed by atoms with Crippen molar-refractivity contribution in [2.24, 2.45) is 0 Å². The zero-order chi connectivity index (χ0) is 16.2. The Labute approximate surface area is 138 Å². The van der Waals surface area contributed by atoms with Crippen molar-refractivity contribution in [3.05, 3.63) is 45.1 Å². The molecule has 2 aromatic rings. The molecule has 1 aliphatic rings. The van der Waals surface area contributed by atoms with E-state index >= 15 is 0 Å². The Morgan fingerprint density at radius 2 is 2.17 bits per heavy atom. The predicted octanol–water partition coefficient (Wildman–Crippen LogP) is 1.40. The summed E-state index contributed by atoms with van der Waals surface area (Å²) >= 11 is 1.13. The minimum absolute atomic E-state index is 0.0809. The van der Waals surface area contributed by atoms with E-state index in [-0.39, 0.29) is 23.4 Å². The van der Waals surface area contributed by atoms with Crippen LogP contribution in [0.5, 0.6) is 0 Å². The highest BCUT2D eigenvalue weighted by molar-refractivity contribution is 7.07. The number of nitrogens with zero attached hydrogens (tertiary/aromatic N) is 3. The molecule has 1 aliphatic heterocycles. The number of anilines is 1. The summed E-state index contributed by atoms with van der Waals surface area (Å²) in [6, 6.07) is 6.06. The second kappa shape index (κ2) is 6.95. The first-order valence-electron chi connectivity index (χ1n) is 7.74. The van der Waals surface area contributed by atoms with Crippen molar-refractivity contribution >= 4 is 23.1 Å². The van der Waals surface area contributed by atoms with Crippen LogP contribution in [0.1, 0.15) is 18.5 Å². The fourth-order valence-corrected chi connectivity index (χ4v) is 3.54. The monoisotopic (exact) mass is 332 g/mol. The highest BCUT2D eigenvalue weighted by Gasteiger charge is 2.21. The fraction of sp³-hybridized carbons (Fsp3) is 0.438. The number of aryl methyl sites for hydroxylation is 1. The van der Waals surface area contributed by atoms with Crippen LogP contribution in [-0.2, 0) is 11.3 Å². The Balaban J connectivity index is 1.51. The minimum Gasteiger partial charge on any atom is -0.356 e. The number of nitrogens with one attached hydrogen (secondary N) is 1. The molecular weight excluding hydrogens is 312 g/mol. The summed E-state index contributed by atoms with van der Waals surface area (Å²) in [6.45, 7) is 3.70. The van der Waals surface area contributed by atoms with Gasteiger partial charge in [0.15, 0.2) is 0 Å². The van der Waals surface area contributed by atoms with Crippen molar-refractivity contribution < 1.29 is 4.79 Å². The van der Waals surface area contributed by atoms with Gasteiger partial charge < -0.3 is 10.2 Å². The van der Waals surface area contributed by atoms with Crippen LogP contribution in [0.3, 0.4) is 0 Å². The number of thiazole rings is 1. The van der Waals surface area contributed by atoms with Gasteiger partial charge in [0.2, 0.25) is 5.91 Å². The quantitative estimate of drug-likeness (QED) is 0.919. The molecule has 1 saturated heterocycles. The first-order valence-corrected chi connectivity index (χ1v) is 8.62. The van der Waals surface area contributed by atoms with Crippen LogP contribution in [0.25, 0.3) is 0 Å². The second-order valence-electron chi connectivity index (χ2n) is 5.75. The molecule has 1 fully saturated rings. The van der Waals surface area contributed by atoms with Crippen LogP contribution < -0.4 is 15.1 Å². The summed E-state index contributed by atoms with van der Waals surface area (Å²) in [4.78, 5) is 30.3. The predicted molar refractivity (Wildman–Crippen MR) is 90.9 cm³/mol. The number of pyridine rings is 1. The van der Waals surface area contributed by atoms with Gasteiger partial charge in [-0.1, -0.05) is 17.4 Å². The lowest BCUT2D eigenvalue weighted by molar-refractivity contribution is -0.122. The van der Waals surface area contributed by atoms with E-state index in [4.69, 9.17) is 0 Å².